The predicted molar refractivity (Wildman–Crippen MR) is 52.1 cm³/mol. The quantitative estimate of drug-likeness (QED) is 0.488. The smallest absolute Gasteiger partial charge is 0.322 e. The average molecular weight is 230 g/mol. The van der Waals surface area contributed by atoms with Gasteiger partial charge in [0.2, 0.25) is 0 Å². The van der Waals surface area contributed by atoms with Gasteiger partial charge in [0.1, 0.15) is 0 Å². The molecule has 0 bridgehead atoms. The molecule has 2 atom stereocenters. The third kappa shape index (κ3) is 29.6. The van der Waals surface area contributed by atoms with E-state index in [1.165, 1.54) is 0 Å². The lowest BCUT2D eigenvalue weighted by molar-refractivity contribution is -0.0177. The van der Waals surface area contributed by atoms with E-state index in [0.717, 1.165) is 6.66 Å². The van der Waals surface area contributed by atoms with Crippen molar-refractivity contribution in [1.82, 2.24) is 0 Å². The third-order valence-electron chi connectivity index (χ3n) is 0.879. The fourth-order valence-corrected chi connectivity index (χ4v) is 0.356. The Hall–Kier alpha value is 0.0300. The molecule has 2 unspecified atom stereocenters. The summed E-state index contributed by atoms with van der Waals surface area (Å²) in [6.07, 6.45) is -0.612. The van der Waals surface area contributed by atoms with Crippen LogP contribution in [0.2, 0.25) is 0 Å². The molecule has 0 saturated heterocycles. The number of hydrogen-bond acceptors (Lipinski definition) is 4. The van der Waals surface area contributed by atoms with Crippen LogP contribution in [0.4, 0.5) is 0 Å². The van der Waals surface area contributed by atoms with Crippen LogP contribution < -0.4 is 0 Å². The van der Waals surface area contributed by atoms with E-state index in [1.54, 1.807) is 13.8 Å². The van der Waals surface area contributed by atoms with E-state index in [-0.39, 0.29) is 12.7 Å². The molecule has 0 rings (SSSR count). The molecule has 0 fully saturated rings. The zero-order chi connectivity index (χ0) is 11.8. The standard InChI is InChI=1S/C6H14O3.CH5O3P/c1-5(8)4-9-6(2)3-7;1-5(2,3)4/h5-8H,3-4H2,1-2H3;1H3,(H2,2,3,4). The summed E-state index contributed by atoms with van der Waals surface area (Å²) in [6, 6.07) is 0. The van der Waals surface area contributed by atoms with E-state index in [4.69, 9.17) is 24.7 Å². The minimum atomic E-state index is -3.64. The van der Waals surface area contributed by atoms with Crippen LogP contribution in [0.5, 0.6) is 0 Å². The molecular formula is C7H19O6P. The highest BCUT2D eigenvalue weighted by atomic mass is 31.2. The second-order valence-corrected chi connectivity index (χ2v) is 4.68. The molecule has 88 valence electrons. The SMILES string of the molecule is CC(O)COC(C)CO.CP(=O)(O)O. The fraction of sp³-hybridized carbons (Fsp3) is 1.00. The lowest BCUT2D eigenvalue weighted by Gasteiger charge is -2.10. The molecule has 0 spiro atoms. The second kappa shape index (κ2) is 8.35. The zero-order valence-corrected chi connectivity index (χ0v) is 9.52. The molecule has 0 aromatic carbocycles. The van der Waals surface area contributed by atoms with Crippen LogP contribution in [0.25, 0.3) is 0 Å². The van der Waals surface area contributed by atoms with Crippen LogP contribution in [0.15, 0.2) is 0 Å². The van der Waals surface area contributed by atoms with Gasteiger partial charge in [-0.2, -0.15) is 0 Å². The Morgan fingerprint density at radius 1 is 1.36 bits per heavy atom. The molecule has 6 nitrogen and oxygen atoms in total. The molecule has 0 aromatic rings. The summed E-state index contributed by atoms with van der Waals surface area (Å²) < 4.78 is 14.3. The van der Waals surface area contributed by atoms with Crippen molar-refractivity contribution < 1.29 is 29.3 Å². The molecule has 14 heavy (non-hydrogen) atoms. The summed E-state index contributed by atoms with van der Waals surface area (Å²) >= 11 is 0. The maximum atomic E-state index is 9.33. The summed E-state index contributed by atoms with van der Waals surface area (Å²) in [5.41, 5.74) is 0. The van der Waals surface area contributed by atoms with Crippen molar-refractivity contribution in [3.05, 3.63) is 0 Å². The minimum absolute atomic E-state index is 0.00667. The molecule has 0 amide bonds. The Morgan fingerprint density at radius 3 is 1.93 bits per heavy atom. The Labute approximate surface area is 83.7 Å². The fourth-order valence-electron chi connectivity index (χ4n) is 0.356. The number of ether oxygens (including phenoxy) is 1. The van der Waals surface area contributed by atoms with Crippen molar-refractivity contribution in [1.29, 1.82) is 0 Å². The van der Waals surface area contributed by atoms with Gasteiger partial charge in [-0.1, -0.05) is 0 Å². The first-order valence-electron chi connectivity index (χ1n) is 4.10. The van der Waals surface area contributed by atoms with Crippen LogP contribution in [0, 0.1) is 0 Å². The second-order valence-electron chi connectivity index (χ2n) is 3.01. The van der Waals surface area contributed by atoms with Crippen LogP contribution in [-0.2, 0) is 9.30 Å². The molecule has 4 N–H and O–H groups in total. The van der Waals surface area contributed by atoms with E-state index >= 15 is 0 Å². The highest BCUT2D eigenvalue weighted by Crippen LogP contribution is 2.26. The highest BCUT2D eigenvalue weighted by molar-refractivity contribution is 7.50. The summed E-state index contributed by atoms with van der Waals surface area (Å²) in [5, 5.41) is 17.1. The van der Waals surface area contributed by atoms with Gasteiger partial charge in [0.05, 0.1) is 25.4 Å². The van der Waals surface area contributed by atoms with Crippen molar-refractivity contribution in [3.63, 3.8) is 0 Å². The van der Waals surface area contributed by atoms with E-state index in [9.17, 15) is 4.57 Å². The third-order valence-corrected chi connectivity index (χ3v) is 0.879. The molecule has 7 heteroatoms. The number of aliphatic hydroxyl groups is 2. The number of hydrogen-bond donors (Lipinski definition) is 4. The minimum Gasteiger partial charge on any atom is -0.394 e. The normalized spacial score (nSPS) is 15.4. The van der Waals surface area contributed by atoms with Gasteiger partial charge in [0.15, 0.2) is 0 Å². The van der Waals surface area contributed by atoms with E-state index in [2.05, 4.69) is 0 Å². The van der Waals surface area contributed by atoms with Crippen molar-refractivity contribution in [2.75, 3.05) is 19.9 Å². The maximum absolute atomic E-state index is 9.33. The van der Waals surface area contributed by atoms with Crippen molar-refractivity contribution in [2.24, 2.45) is 0 Å². The molecular weight excluding hydrogens is 211 g/mol. The summed E-state index contributed by atoms with van der Waals surface area (Å²) in [6.45, 7) is 4.55. The van der Waals surface area contributed by atoms with E-state index < -0.39 is 13.7 Å². The van der Waals surface area contributed by atoms with Crippen LogP contribution in [-0.4, -0.2) is 52.1 Å². The first kappa shape index (κ1) is 16.5. The van der Waals surface area contributed by atoms with E-state index in [1.807, 2.05) is 0 Å². The summed E-state index contributed by atoms with van der Waals surface area (Å²) in [4.78, 5) is 15.3. The molecule has 0 aliphatic heterocycles. The van der Waals surface area contributed by atoms with Gasteiger partial charge < -0.3 is 24.7 Å². The van der Waals surface area contributed by atoms with Gasteiger partial charge >= 0.3 is 7.60 Å². The van der Waals surface area contributed by atoms with Gasteiger partial charge in [-0.15, -0.1) is 0 Å². The molecule has 0 radical (unpaired) electrons. The monoisotopic (exact) mass is 230 g/mol. The van der Waals surface area contributed by atoms with Crippen LogP contribution in [0.3, 0.4) is 0 Å². The Balaban J connectivity index is 0. The molecule has 0 aromatic heterocycles. The van der Waals surface area contributed by atoms with Gasteiger partial charge in [0.25, 0.3) is 0 Å². The van der Waals surface area contributed by atoms with Gasteiger partial charge in [-0.25, -0.2) is 0 Å². The predicted octanol–water partition coefficient (Wildman–Crippen LogP) is -0.442. The lowest BCUT2D eigenvalue weighted by atomic mass is 10.4. The van der Waals surface area contributed by atoms with Gasteiger partial charge in [-0.05, 0) is 13.8 Å². The summed E-state index contributed by atoms with van der Waals surface area (Å²) in [5.74, 6) is 0. The molecule has 0 aliphatic rings. The van der Waals surface area contributed by atoms with Crippen LogP contribution in [0.1, 0.15) is 13.8 Å². The Bertz CT molecular complexity index is 157. The number of rotatable bonds is 4. The maximum Gasteiger partial charge on any atom is 0.322 e. The van der Waals surface area contributed by atoms with Crippen molar-refractivity contribution in [2.45, 2.75) is 26.1 Å². The summed E-state index contributed by atoms with van der Waals surface area (Å²) in [7, 11) is -3.64. The molecule has 0 aliphatic carbocycles. The largest absolute Gasteiger partial charge is 0.394 e. The number of aliphatic hydroxyl groups excluding tert-OH is 2. The molecule has 0 saturated carbocycles. The Morgan fingerprint density at radius 2 is 1.71 bits per heavy atom. The zero-order valence-electron chi connectivity index (χ0n) is 8.62. The highest BCUT2D eigenvalue weighted by Gasteiger charge is 2.00. The lowest BCUT2D eigenvalue weighted by Crippen LogP contribution is -2.19. The topological polar surface area (TPSA) is 107 Å². The molecule has 0 heterocycles. The van der Waals surface area contributed by atoms with Gasteiger partial charge in [0, 0.05) is 6.66 Å². The Kier molecular flexibility index (Phi) is 9.81. The average Bonchev–Trinajstić information content (AvgIpc) is 1.96. The first-order chi connectivity index (χ1) is 6.16. The van der Waals surface area contributed by atoms with Gasteiger partial charge in [-0.3, -0.25) is 4.57 Å². The van der Waals surface area contributed by atoms with E-state index in [0.29, 0.717) is 6.61 Å². The van der Waals surface area contributed by atoms with Crippen LogP contribution >= 0.6 is 7.60 Å². The van der Waals surface area contributed by atoms with Crippen molar-refractivity contribution in [3.8, 4) is 0 Å². The first-order valence-corrected chi connectivity index (χ1v) is 6.16. The van der Waals surface area contributed by atoms with Crippen molar-refractivity contribution >= 4 is 7.60 Å².